The molecule has 0 radical (unpaired) electrons. The van der Waals surface area contributed by atoms with Gasteiger partial charge in [0, 0.05) is 16.2 Å². The molecular formula is C15H17BrFN3. The number of hydrogen-bond acceptors (Lipinski definition) is 2. The first kappa shape index (κ1) is 13.6. The summed E-state index contributed by atoms with van der Waals surface area (Å²) in [5, 5.41) is 4.53. The molecule has 0 atom stereocenters. The van der Waals surface area contributed by atoms with Crippen molar-refractivity contribution >= 4 is 21.6 Å². The Morgan fingerprint density at radius 2 is 2.00 bits per heavy atom. The van der Waals surface area contributed by atoms with Gasteiger partial charge in [0.1, 0.15) is 11.5 Å². The fourth-order valence-electron chi connectivity index (χ4n) is 2.83. The van der Waals surface area contributed by atoms with E-state index in [0.29, 0.717) is 27.5 Å². The highest BCUT2D eigenvalue weighted by Crippen LogP contribution is 2.33. The molecule has 1 aliphatic carbocycles. The maximum atomic E-state index is 14.0. The normalized spacial score (nSPS) is 16.5. The Morgan fingerprint density at radius 3 is 2.70 bits per heavy atom. The van der Waals surface area contributed by atoms with Gasteiger partial charge in [-0.2, -0.15) is 5.10 Å². The minimum atomic E-state index is -0.306. The Morgan fingerprint density at radius 1 is 1.25 bits per heavy atom. The van der Waals surface area contributed by atoms with Crippen molar-refractivity contribution in [1.29, 1.82) is 0 Å². The Kier molecular flexibility index (Phi) is 3.78. The van der Waals surface area contributed by atoms with E-state index < -0.39 is 0 Å². The SMILES string of the molecule is Nc1cn(C2CCCCC2)nc1-c1ccc(Br)cc1F. The topological polar surface area (TPSA) is 43.8 Å². The molecule has 1 aromatic heterocycles. The van der Waals surface area contributed by atoms with Crippen LogP contribution in [0.15, 0.2) is 28.9 Å². The van der Waals surface area contributed by atoms with Crippen LogP contribution in [0, 0.1) is 5.82 Å². The Balaban J connectivity index is 1.95. The van der Waals surface area contributed by atoms with Crippen molar-refractivity contribution in [3.8, 4) is 11.3 Å². The third-order valence-electron chi connectivity index (χ3n) is 3.90. The summed E-state index contributed by atoms with van der Waals surface area (Å²) in [4.78, 5) is 0. The van der Waals surface area contributed by atoms with Crippen molar-refractivity contribution < 1.29 is 4.39 Å². The summed E-state index contributed by atoms with van der Waals surface area (Å²) in [5.41, 5.74) is 7.56. The number of nitrogens with two attached hydrogens (primary N) is 1. The third-order valence-corrected chi connectivity index (χ3v) is 4.39. The summed E-state index contributed by atoms with van der Waals surface area (Å²) in [6.45, 7) is 0. The number of halogens is 2. The Bertz CT molecular complexity index is 618. The van der Waals surface area contributed by atoms with Crippen LogP contribution >= 0.6 is 15.9 Å². The van der Waals surface area contributed by atoms with Gasteiger partial charge in [0.2, 0.25) is 0 Å². The van der Waals surface area contributed by atoms with E-state index in [0.717, 1.165) is 12.8 Å². The lowest BCUT2D eigenvalue weighted by atomic mass is 9.96. The molecule has 5 heteroatoms. The number of rotatable bonds is 2. The zero-order valence-corrected chi connectivity index (χ0v) is 12.7. The molecule has 3 nitrogen and oxygen atoms in total. The lowest BCUT2D eigenvalue weighted by Crippen LogP contribution is -2.13. The van der Waals surface area contributed by atoms with Crippen molar-refractivity contribution in [2.75, 3.05) is 5.73 Å². The summed E-state index contributed by atoms with van der Waals surface area (Å²) in [6, 6.07) is 5.35. The molecule has 106 valence electrons. The molecule has 1 fully saturated rings. The quantitative estimate of drug-likeness (QED) is 0.874. The minimum absolute atomic E-state index is 0.306. The van der Waals surface area contributed by atoms with Crippen molar-refractivity contribution in [3.63, 3.8) is 0 Å². The molecule has 0 aliphatic heterocycles. The minimum Gasteiger partial charge on any atom is -0.396 e. The molecule has 2 aromatic rings. The van der Waals surface area contributed by atoms with Crippen LogP contribution in [0.1, 0.15) is 38.1 Å². The predicted molar refractivity (Wildman–Crippen MR) is 81.9 cm³/mol. The van der Waals surface area contributed by atoms with E-state index in [1.807, 2.05) is 10.9 Å². The van der Waals surface area contributed by atoms with Crippen LogP contribution in [0.25, 0.3) is 11.3 Å². The largest absolute Gasteiger partial charge is 0.396 e. The molecule has 1 aromatic carbocycles. The first-order valence-electron chi connectivity index (χ1n) is 6.95. The highest BCUT2D eigenvalue weighted by Gasteiger charge is 2.19. The average Bonchev–Trinajstić information content (AvgIpc) is 2.82. The van der Waals surface area contributed by atoms with Gasteiger partial charge in [0.15, 0.2) is 0 Å². The van der Waals surface area contributed by atoms with Crippen molar-refractivity contribution in [2.24, 2.45) is 0 Å². The molecule has 1 heterocycles. The summed E-state index contributed by atoms with van der Waals surface area (Å²) in [5.74, 6) is -0.306. The molecule has 0 spiro atoms. The summed E-state index contributed by atoms with van der Waals surface area (Å²) < 4.78 is 16.7. The van der Waals surface area contributed by atoms with Crippen LogP contribution in [0.4, 0.5) is 10.1 Å². The molecule has 2 N–H and O–H groups in total. The van der Waals surface area contributed by atoms with Crippen LogP contribution in [0.3, 0.4) is 0 Å². The average molecular weight is 338 g/mol. The van der Waals surface area contributed by atoms with Crippen molar-refractivity contribution in [1.82, 2.24) is 9.78 Å². The monoisotopic (exact) mass is 337 g/mol. The third kappa shape index (κ3) is 2.59. The molecular weight excluding hydrogens is 321 g/mol. The molecule has 20 heavy (non-hydrogen) atoms. The highest BCUT2D eigenvalue weighted by molar-refractivity contribution is 9.10. The zero-order valence-electron chi connectivity index (χ0n) is 11.1. The standard InChI is InChI=1S/C15H17BrFN3/c16-10-6-7-12(13(17)8-10)15-14(18)9-20(19-15)11-4-2-1-3-5-11/h6-9,11H,1-5,18H2. The summed E-state index contributed by atoms with van der Waals surface area (Å²) in [6.07, 6.45) is 7.85. The molecule has 0 amide bonds. The molecule has 3 rings (SSSR count). The van der Waals surface area contributed by atoms with E-state index in [2.05, 4.69) is 21.0 Å². The molecule has 1 aliphatic rings. The van der Waals surface area contributed by atoms with Gasteiger partial charge in [-0.25, -0.2) is 4.39 Å². The number of anilines is 1. The van der Waals surface area contributed by atoms with E-state index in [9.17, 15) is 4.39 Å². The molecule has 1 saturated carbocycles. The maximum Gasteiger partial charge on any atom is 0.133 e. The fraction of sp³-hybridized carbons (Fsp3) is 0.400. The van der Waals surface area contributed by atoms with E-state index in [4.69, 9.17) is 5.73 Å². The molecule has 0 saturated heterocycles. The van der Waals surface area contributed by atoms with Crippen LogP contribution in [0.2, 0.25) is 0 Å². The van der Waals surface area contributed by atoms with Crippen LogP contribution in [-0.2, 0) is 0 Å². The predicted octanol–water partition coefficient (Wildman–Crippen LogP) is 4.54. The second-order valence-corrected chi connectivity index (χ2v) is 6.24. The summed E-state index contributed by atoms with van der Waals surface area (Å²) in [7, 11) is 0. The van der Waals surface area contributed by atoms with E-state index in [1.165, 1.54) is 25.3 Å². The molecule has 0 unspecified atom stereocenters. The Hall–Kier alpha value is -1.36. The number of aromatic nitrogens is 2. The number of benzene rings is 1. The number of nitrogen functional groups attached to an aromatic ring is 1. The first-order chi connectivity index (χ1) is 9.65. The fourth-order valence-corrected chi connectivity index (χ4v) is 3.16. The van der Waals surface area contributed by atoms with Gasteiger partial charge in [-0.1, -0.05) is 35.2 Å². The van der Waals surface area contributed by atoms with Gasteiger partial charge >= 0.3 is 0 Å². The second kappa shape index (κ2) is 5.56. The smallest absolute Gasteiger partial charge is 0.133 e. The first-order valence-corrected chi connectivity index (χ1v) is 7.74. The van der Waals surface area contributed by atoms with Gasteiger partial charge in [-0.15, -0.1) is 0 Å². The van der Waals surface area contributed by atoms with Crippen LogP contribution in [0.5, 0.6) is 0 Å². The second-order valence-electron chi connectivity index (χ2n) is 5.33. The van der Waals surface area contributed by atoms with Gasteiger partial charge < -0.3 is 5.73 Å². The van der Waals surface area contributed by atoms with E-state index in [1.54, 1.807) is 12.1 Å². The number of hydrogen-bond donors (Lipinski definition) is 1. The zero-order chi connectivity index (χ0) is 14.1. The van der Waals surface area contributed by atoms with Crippen molar-refractivity contribution in [2.45, 2.75) is 38.1 Å². The lowest BCUT2D eigenvalue weighted by Gasteiger charge is -2.21. The van der Waals surface area contributed by atoms with Gasteiger partial charge in [0.05, 0.1) is 11.7 Å². The number of nitrogens with zero attached hydrogens (tertiary/aromatic N) is 2. The molecule has 0 bridgehead atoms. The van der Waals surface area contributed by atoms with Crippen molar-refractivity contribution in [3.05, 3.63) is 34.7 Å². The summed E-state index contributed by atoms with van der Waals surface area (Å²) >= 11 is 3.26. The van der Waals surface area contributed by atoms with Gasteiger partial charge in [-0.05, 0) is 31.0 Å². The highest BCUT2D eigenvalue weighted by atomic mass is 79.9. The maximum absolute atomic E-state index is 14.0. The van der Waals surface area contributed by atoms with E-state index >= 15 is 0 Å². The Labute approximate surface area is 126 Å². The lowest BCUT2D eigenvalue weighted by molar-refractivity contribution is 0.330. The van der Waals surface area contributed by atoms with E-state index in [-0.39, 0.29) is 5.82 Å². The van der Waals surface area contributed by atoms with Gasteiger partial charge in [-0.3, -0.25) is 4.68 Å². The van der Waals surface area contributed by atoms with Gasteiger partial charge in [0.25, 0.3) is 0 Å². The van der Waals surface area contributed by atoms with Crippen LogP contribution < -0.4 is 5.73 Å². The van der Waals surface area contributed by atoms with Crippen LogP contribution in [-0.4, -0.2) is 9.78 Å².